The largest absolute Gasteiger partial charge is 0.416 e. The minimum Gasteiger partial charge on any atom is -0.306 e. The van der Waals surface area contributed by atoms with Crippen LogP contribution in [-0.4, -0.2) is 0 Å². The molecule has 2 rings (SSSR count). The minimum absolute atomic E-state index is 0.0876. The molecule has 0 bridgehead atoms. The van der Waals surface area contributed by atoms with Gasteiger partial charge in [0.2, 0.25) is 0 Å². The van der Waals surface area contributed by atoms with Gasteiger partial charge in [-0.25, -0.2) is 0 Å². The molecule has 112 valence electrons. The summed E-state index contributed by atoms with van der Waals surface area (Å²) in [7, 11) is 0. The summed E-state index contributed by atoms with van der Waals surface area (Å²) in [4.78, 5) is 0. The van der Waals surface area contributed by atoms with Gasteiger partial charge in [-0.05, 0) is 42.3 Å². The van der Waals surface area contributed by atoms with E-state index in [2.05, 4.69) is 5.32 Å². The minimum atomic E-state index is -4.29. The smallest absolute Gasteiger partial charge is 0.306 e. The van der Waals surface area contributed by atoms with Crippen molar-refractivity contribution in [2.24, 2.45) is 0 Å². The summed E-state index contributed by atoms with van der Waals surface area (Å²) in [6.45, 7) is 2.50. The molecule has 0 saturated heterocycles. The first-order valence-electron chi connectivity index (χ1n) is 6.51. The number of hydrogen-bond acceptors (Lipinski definition) is 1. The molecule has 0 aromatic heterocycles. The van der Waals surface area contributed by atoms with Crippen molar-refractivity contribution in [3.8, 4) is 0 Å². The SMILES string of the molecule is C[C@H](NCc1ccc(C(F)(F)F)cc1)c1ccc(Cl)cc1. The van der Waals surface area contributed by atoms with Crippen molar-refractivity contribution in [1.82, 2.24) is 5.32 Å². The standard InChI is InChI=1S/C16H15ClF3N/c1-11(13-4-8-15(17)9-5-13)21-10-12-2-6-14(7-3-12)16(18,19)20/h2-9,11,21H,10H2,1H3/t11-/m0/s1. The Morgan fingerprint density at radius 3 is 2.10 bits per heavy atom. The van der Waals surface area contributed by atoms with Crippen LogP contribution in [0.25, 0.3) is 0 Å². The summed E-state index contributed by atoms with van der Waals surface area (Å²) in [5.41, 5.74) is 1.26. The summed E-state index contributed by atoms with van der Waals surface area (Å²) < 4.78 is 37.4. The Morgan fingerprint density at radius 1 is 1.00 bits per heavy atom. The zero-order valence-electron chi connectivity index (χ0n) is 11.4. The molecule has 0 aliphatic rings. The first kappa shape index (κ1) is 15.9. The van der Waals surface area contributed by atoms with E-state index in [0.717, 1.165) is 23.3 Å². The average Bonchev–Trinajstić information content (AvgIpc) is 2.45. The van der Waals surface area contributed by atoms with Gasteiger partial charge in [0.05, 0.1) is 5.56 Å². The van der Waals surface area contributed by atoms with Crippen LogP contribution < -0.4 is 5.32 Å². The molecule has 1 atom stereocenters. The predicted molar refractivity (Wildman–Crippen MR) is 78.2 cm³/mol. The van der Waals surface area contributed by atoms with E-state index in [1.54, 1.807) is 0 Å². The van der Waals surface area contributed by atoms with Crippen LogP contribution in [0.5, 0.6) is 0 Å². The zero-order chi connectivity index (χ0) is 15.5. The number of rotatable bonds is 4. The molecular formula is C16H15ClF3N. The van der Waals surface area contributed by atoms with E-state index in [9.17, 15) is 13.2 Å². The quantitative estimate of drug-likeness (QED) is 0.817. The molecule has 0 aliphatic carbocycles. The summed E-state index contributed by atoms with van der Waals surface area (Å²) >= 11 is 5.83. The Hall–Kier alpha value is -1.52. The molecule has 0 spiro atoms. The Bertz CT molecular complexity index is 576. The molecular weight excluding hydrogens is 299 g/mol. The van der Waals surface area contributed by atoms with Gasteiger partial charge in [0.15, 0.2) is 0 Å². The lowest BCUT2D eigenvalue weighted by Gasteiger charge is -2.15. The van der Waals surface area contributed by atoms with E-state index in [1.807, 2.05) is 31.2 Å². The molecule has 0 heterocycles. The highest BCUT2D eigenvalue weighted by atomic mass is 35.5. The zero-order valence-corrected chi connectivity index (χ0v) is 12.2. The van der Waals surface area contributed by atoms with Gasteiger partial charge in [-0.15, -0.1) is 0 Å². The maximum atomic E-state index is 12.5. The molecule has 21 heavy (non-hydrogen) atoms. The van der Waals surface area contributed by atoms with Gasteiger partial charge >= 0.3 is 6.18 Å². The molecule has 0 unspecified atom stereocenters. The first-order chi connectivity index (χ1) is 9.86. The lowest BCUT2D eigenvalue weighted by Crippen LogP contribution is -2.18. The third-order valence-electron chi connectivity index (χ3n) is 3.26. The van der Waals surface area contributed by atoms with Crippen molar-refractivity contribution in [3.05, 3.63) is 70.2 Å². The van der Waals surface area contributed by atoms with Crippen LogP contribution in [0.1, 0.15) is 29.7 Å². The van der Waals surface area contributed by atoms with Crippen LogP contribution in [0.15, 0.2) is 48.5 Å². The summed E-state index contributed by atoms with van der Waals surface area (Å²) in [5, 5.41) is 3.94. The third kappa shape index (κ3) is 4.48. The highest BCUT2D eigenvalue weighted by Crippen LogP contribution is 2.29. The third-order valence-corrected chi connectivity index (χ3v) is 3.52. The number of benzene rings is 2. The van der Waals surface area contributed by atoms with Gasteiger partial charge in [-0.3, -0.25) is 0 Å². The van der Waals surface area contributed by atoms with Crippen LogP contribution >= 0.6 is 11.6 Å². The normalized spacial score (nSPS) is 13.2. The van der Waals surface area contributed by atoms with Crippen molar-refractivity contribution in [2.45, 2.75) is 25.7 Å². The summed E-state index contributed by atoms with van der Waals surface area (Å²) in [6.07, 6.45) is -4.29. The second-order valence-electron chi connectivity index (χ2n) is 4.85. The second-order valence-corrected chi connectivity index (χ2v) is 5.29. The summed E-state index contributed by atoms with van der Waals surface area (Å²) in [5.74, 6) is 0. The molecule has 0 saturated carbocycles. The monoisotopic (exact) mass is 313 g/mol. The fraction of sp³-hybridized carbons (Fsp3) is 0.250. The maximum Gasteiger partial charge on any atom is 0.416 e. The average molecular weight is 314 g/mol. The lowest BCUT2D eigenvalue weighted by molar-refractivity contribution is -0.137. The number of alkyl halides is 3. The highest BCUT2D eigenvalue weighted by molar-refractivity contribution is 6.30. The molecule has 1 N–H and O–H groups in total. The van der Waals surface area contributed by atoms with Crippen LogP contribution in [0.4, 0.5) is 13.2 Å². The molecule has 2 aromatic carbocycles. The van der Waals surface area contributed by atoms with Crippen molar-refractivity contribution < 1.29 is 13.2 Å². The van der Waals surface area contributed by atoms with Gasteiger partial charge in [-0.1, -0.05) is 35.9 Å². The maximum absolute atomic E-state index is 12.5. The first-order valence-corrected chi connectivity index (χ1v) is 6.89. The molecule has 5 heteroatoms. The molecule has 0 radical (unpaired) electrons. The van der Waals surface area contributed by atoms with E-state index < -0.39 is 11.7 Å². The molecule has 0 fully saturated rings. The molecule has 0 aliphatic heterocycles. The van der Waals surface area contributed by atoms with Crippen molar-refractivity contribution in [1.29, 1.82) is 0 Å². The topological polar surface area (TPSA) is 12.0 Å². The van der Waals surface area contributed by atoms with Gasteiger partial charge < -0.3 is 5.32 Å². The number of nitrogens with one attached hydrogen (secondary N) is 1. The predicted octanol–water partition coefficient (Wildman–Crippen LogP) is 5.21. The van der Waals surface area contributed by atoms with Crippen LogP contribution in [-0.2, 0) is 12.7 Å². The van der Waals surface area contributed by atoms with Crippen molar-refractivity contribution in [2.75, 3.05) is 0 Å². The Morgan fingerprint density at radius 2 is 1.57 bits per heavy atom. The van der Waals surface area contributed by atoms with E-state index in [0.29, 0.717) is 11.6 Å². The van der Waals surface area contributed by atoms with E-state index in [4.69, 9.17) is 11.6 Å². The van der Waals surface area contributed by atoms with Crippen molar-refractivity contribution in [3.63, 3.8) is 0 Å². The number of hydrogen-bond donors (Lipinski definition) is 1. The fourth-order valence-corrected chi connectivity index (χ4v) is 2.08. The van der Waals surface area contributed by atoms with E-state index in [1.165, 1.54) is 12.1 Å². The van der Waals surface area contributed by atoms with Crippen LogP contribution in [0.3, 0.4) is 0 Å². The Labute approximate surface area is 126 Å². The second kappa shape index (κ2) is 6.50. The highest BCUT2D eigenvalue weighted by Gasteiger charge is 2.29. The van der Waals surface area contributed by atoms with Crippen LogP contribution in [0.2, 0.25) is 5.02 Å². The lowest BCUT2D eigenvalue weighted by atomic mass is 10.1. The van der Waals surface area contributed by atoms with Crippen LogP contribution in [0, 0.1) is 0 Å². The number of halogens is 4. The molecule has 0 amide bonds. The Kier molecular flexibility index (Phi) is 4.91. The summed E-state index contributed by atoms with van der Waals surface area (Å²) in [6, 6.07) is 12.7. The van der Waals surface area contributed by atoms with Gasteiger partial charge in [0.1, 0.15) is 0 Å². The van der Waals surface area contributed by atoms with Gasteiger partial charge in [-0.2, -0.15) is 13.2 Å². The molecule has 2 aromatic rings. The molecule has 1 nitrogen and oxygen atoms in total. The van der Waals surface area contributed by atoms with E-state index in [-0.39, 0.29) is 6.04 Å². The van der Waals surface area contributed by atoms with Gasteiger partial charge in [0.25, 0.3) is 0 Å². The van der Waals surface area contributed by atoms with Crippen molar-refractivity contribution >= 4 is 11.6 Å². The fourth-order valence-electron chi connectivity index (χ4n) is 1.95. The van der Waals surface area contributed by atoms with Gasteiger partial charge in [0, 0.05) is 17.6 Å². The van der Waals surface area contributed by atoms with E-state index >= 15 is 0 Å². The Balaban J connectivity index is 1.95.